The van der Waals surface area contributed by atoms with Crippen molar-refractivity contribution in [3.63, 3.8) is 0 Å². The standard InChI is InChI=1S/C8H4FIO/c9-6-2-1-5-3-8(10)11-7(5)4-6/h1-4H. The first-order valence-electron chi connectivity index (χ1n) is 3.10. The Kier molecular flexibility index (Phi) is 1.60. The zero-order valence-electron chi connectivity index (χ0n) is 5.47. The van der Waals surface area contributed by atoms with E-state index in [4.69, 9.17) is 4.42 Å². The second kappa shape index (κ2) is 2.48. The van der Waals surface area contributed by atoms with Gasteiger partial charge in [-0.1, -0.05) is 0 Å². The second-order valence-electron chi connectivity index (χ2n) is 2.23. The van der Waals surface area contributed by atoms with Crippen LogP contribution in [0.2, 0.25) is 0 Å². The Labute approximate surface area is 76.3 Å². The van der Waals surface area contributed by atoms with E-state index in [-0.39, 0.29) is 5.82 Å². The molecule has 1 aromatic heterocycles. The Balaban J connectivity index is 2.82. The molecule has 0 fully saturated rings. The molecule has 2 aromatic rings. The number of benzene rings is 1. The summed E-state index contributed by atoms with van der Waals surface area (Å²) in [6.07, 6.45) is 0. The lowest BCUT2D eigenvalue weighted by atomic mass is 10.2. The fraction of sp³-hybridized carbons (Fsp3) is 0. The molecule has 0 unspecified atom stereocenters. The lowest BCUT2D eigenvalue weighted by Crippen LogP contribution is -1.68. The number of hydrogen-bond acceptors (Lipinski definition) is 1. The smallest absolute Gasteiger partial charge is 0.165 e. The molecular formula is C8H4FIO. The molecule has 0 aliphatic heterocycles. The highest BCUT2D eigenvalue weighted by molar-refractivity contribution is 14.1. The molecule has 0 radical (unpaired) electrons. The van der Waals surface area contributed by atoms with Crippen molar-refractivity contribution >= 4 is 33.6 Å². The SMILES string of the molecule is Fc1ccc2cc(I)oc2c1. The summed E-state index contributed by atoms with van der Waals surface area (Å²) in [5, 5.41) is 0.941. The van der Waals surface area contributed by atoms with Gasteiger partial charge in [0.1, 0.15) is 11.4 Å². The molecule has 0 spiro atoms. The van der Waals surface area contributed by atoms with Gasteiger partial charge in [0.2, 0.25) is 0 Å². The molecule has 0 aliphatic rings. The Morgan fingerprint density at radius 2 is 2.09 bits per heavy atom. The molecule has 1 heterocycles. The summed E-state index contributed by atoms with van der Waals surface area (Å²) in [7, 11) is 0. The van der Waals surface area contributed by atoms with Crippen LogP contribution < -0.4 is 0 Å². The molecule has 1 nitrogen and oxygen atoms in total. The Morgan fingerprint density at radius 1 is 1.27 bits per heavy atom. The van der Waals surface area contributed by atoms with Crippen LogP contribution in [0.1, 0.15) is 0 Å². The Bertz CT molecular complexity index is 394. The Hall–Kier alpha value is -0.580. The first kappa shape index (κ1) is 7.09. The highest BCUT2D eigenvalue weighted by atomic mass is 127. The van der Waals surface area contributed by atoms with Crippen LogP contribution in [0.3, 0.4) is 0 Å². The van der Waals surface area contributed by atoms with Crippen LogP contribution in [-0.2, 0) is 0 Å². The minimum atomic E-state index is -0.261. The average Bonchev–Trinajstić information content (AvgIpc) is 2.27. The maximum absolute atomic E-state index is 12.6. The molecule has 56 valence electrons. The minimum Gasteiger partial charge on any atom is -0.450 e. The Morgan fingerprint density at radius 3 is 2.91 bits per heavy atom. The molecule has 0 saturated heterocycles. The monoisotopic (exact) mass is 262 g/mol. The van der Waals surface area contributed by atoms with Crippen molar-refractivity contribution in [1.29, 1.82) is 0 Å². The van der Waals surface area contributed by atoms with E-state index in [1.54, 1.807) is 6.07 Å². The summed E-state index contributed by atoms with van der Waals surface area (Å²) >= 11 is 2.06. The van der Waals surface area contributed by atoms with E-state index in [1.165, 1.54) is 12.1 Å². The van der Waals surface area contributed by atoms with Gasteiger partial charge < -0.3 is 4.42 Å². The van der Waals surface area contributed by atoms with Gasteiger partial charge in [-0.15, -0.1) is 0 Å². The molecule has 3 heteroatoms. The number of hydrogen-bond donors (Lipinski definition) is 0. The summed E-state index contributed by atoms with van der Waals surface area (Å²) in [4.78, 5) is 0. The van der Waals surface area contributed by atoms with Crippen LogP contribution >= 0.6 is 22.6 Å². The van der Waals surface area contributed by atoms with Crippen molar-refractivity contribution < 1.29 is 8.81 Å². The van der Waals surface area contributed by atoms with Gasteiger partial charge in [0.25, 0.3) is 0 Å². The van der Waals surface area contributed by atoms with E-state index in [0.717, 1.165) is 9.15 Å². The van der Waals surface area contributed by atoms with Crippen LogP contribution in [-0.4, -0.2) is 0 Å². The fourth-order valence-corrected chi connectivity index (χ4v) is 1.55. The van der Waals surface area contributed by atoms with Crippen LogP contribution in [0.5, 0.6) is 0 Å². The molecule has 0 bridgehead atoms. The minimum absolute atomic E-state index is 0.261. The predicted octanol–water partition coefficient (Wildman–Crippen LogP) is 3.18. The molecule has 0 saturated carbocycles. The maximum Gasteiger partial charge on any atom is 0.165 e. The maximum atomic E-state index is 12.6. The molecule has 0 atom stereocenters. The highest BCUT2D eigenvalue weighted by Gasteiger charge is 2.00. The molecule has 11 heavy (non-hydrogen) atoms. The fourth-order valence-electron chi connectivity index (χ4n) is 0.973. The van der Waals surface area contributed by atoms with Gasteiger partial charge in [-0.25, -0.2) is 4.39 Å². The third-order valence-corrected chi connectivity index (χ3v) is 1.98. The topological polar surface area (TPSA) is 13.1 Å². The quantitative estimate of drug-likeness (QED) is 0.664. The first-order valence-corrected chi connectivity index (χ1v) is 4.18. The van der Waals surface area contributed by atoms with Gasteiger partial charge in [0.15, 0.2) is 3.77 Å². The summed E-state index contributed by atoms with van der Waals surface area (Å²) in [5.41, 5.74) is 0.606. The van der Waals surface area contributed by atoms with Gasteiger partial charge in [0, 0.05) is 11.5 Å². The van der Waals surface area contributed by atoms with Gasteiger partial charge in [0.05, 0.1) is 0 Å². The summed E-state index contributed by atoms with van der Waals surface area (Å²) < 4.78 is 18.6. The number of furan rings is 1. The zero-order chi connectivity index (χ0) is 7.84. The van der Waals surface area contributed by atoms with Gasteiger partial charge in [-0.2, -0.15) is 0 Å². The van der Waals surface area contributed by atoms with E-state index in [0.29, 0.717) is 5.58 Å². The van der Waals surface area contributed by atoms with Crippen LogP contribution in [0.15, 0.2) is 28.7 Å². The second-order valence-corrected chi connectivity index (χ2v) is 3.30. The van der Waals surface area contributed by atoms with Crippen LogP contribution in [0.4, 0.5) is 4.39 Å². The van der Waals surface area contributed by atoms with Gasteiger partial charge in [-0.3, -0.25) is 0 Å². The lowest BCUT2D eigenvalue weighted by Gasteiger charge is -1.86. The first-order chi connectivity index (χ1) is 5.25. The van der Waals surface area contributed by atoms with Crippen LogP contribution in [0, 0.1) is 9.58 Å². The van der Waals surface area contributed by atoms with E-state index in [9.17, 15) is 4.39 Å². The number of halogens is 2. The highest BCUT2D eigenvalue weighted by Crippen LogP contribution is 2.20. The molecule has 1 aromatic carbocycles. The predicted molar refractivity (Wildman–Crippen MR) is 48.9 cm³/mol. The lowest BCUT2D eigenvalue weighted by molar-refractivity contribution is 0.575. The molecule has 0 amide bonds. The molecule has 0 aliphatic carbocycles. The number of rotatable bonds is 0. The van der Waals surface area contributed by atoms with Crippen molar-refractivity contribution in [3.8, 4) is 0 Å². The van der Waals surface area contributed by atoms with Gasteiger partial charge >= 0.3 is 0 Å². The molecular weight excluding hydrogens is 258 g/mol. The summed E-state index contributed by atoms with van der Waals surface area (Å²) in [5.74, 6) is -0.261. The van der Waals surface area contributed by atoms with Crippen molar-refractivity contribution in [2.75, 3.05) is 0 Å². The van der Waals surface area contributed by atoms with Crippen molar-refractivity contribution in [1.82, 2.24) is 0 Å². The zero-order valence-corrected chi connectivity index (χ0v) is 7.63. The number of fused-ring (bicyclic) bond motifs is 1. The summed E-state index contributed by atoms with van der Waals surface area (Å²) in [6, 6.07) is 6.39. The van der Waals surface area contributed by atoms with E-state index < -0.39 is 0 Å². The summed E-state index contributed by atoms with van der Waals surface area (Å²) in [6.45, 7) is 0. The van der Waals surface area contributed by atoms with Crippen LogP contribution in [0.25, 0.3) is 11.0 Å². The third-order valence-electron chi connectivity index (χ3n) is 1.45. The van der Waals surface area contributed by atoms with Crippen molar-refractivity contribution in [3.05, 3.63) is 33.8 Å². The molecule has 0 N–H and O–H groups in total. The van der Waals surface area contributed by atoms with Crippen molar-refractivity contribution in [2.24, 2.45) is 0 Å². The van der Waals surface area contributed by atoms with Crippen molar-refractivity contribution in [2.45, 2.75) is 0 Å². The van der Waals surface area contributed by atoms with E-state index in [2.05, 4.69) is 22.6 Å². The largest absolute Gasteiger partial charge is 0.450 e. The van der Waals surface area contributed by atoms with E-state index >= 15 is 0 Å². The van der Waals surface area contributed by atoms with Gasteiger partial charge in [-0.05, 0) is 40.8 Å². The normalized spacial score (nSPS) is 10.7. The third kappa shape index (κ3) is 1.24. The average molecular weight is 262 g/mol. The molecule has 2 rings (SSSR count). The van der Waals surface area contributed by atoms with E-state index in [1.807, 2.05) is 6.07 Å².